The fraction of sp³-hybridized carbons (Fsp3) is 0.125. The molecule has 0 spiro atoms. The van der Waals surface area contributed by atoms with Gasteiger partial charge in [-0.2, -0.15) is 5.10 Å². The largest absolute Gasteiger partial charge is 0.657 e. The van der Waals surface area contributed by atoms with Crippen molar-refractivity contribution in [3.63, 3.8) is 0 Å². The third-order valence-electron chi connectivity index (χ3n) is 12.8. The Labute approximate surface area is 423 Å². The summed E-state index contributed by atoms with van der Waals surface area (Å²) in [5.74, 6) is 0.874. The van der Waals surface area contributed by atoms with E-state index in [1.54, 1.807) is 0 Å². The molecule has 2 heterocycles. The number of hydrazone groups is 1. The number of fused-ring (bicyclic) bond motifs is 3. The molecule has 0 unspecified atom stereocenters. The van der Waals surface area contributed by atoms with Gasteiger partial charge in [-0.3, -0.25) is 0 Å². The maximum absolute atomic E-state index is 5.69. The van der Waals surface area contributed by atoms with E-state index in [1.165, 1.54) is 21.9 Å². The number of hydrogen-bond acceptors (Lipinski definition) is 3. The summed E-state index contributed by atoms with van der Waals surface area (Å²) in [5, 5.41) is 10.3. The van der Waals surface area contributed by atoms with Crippen LogP contribution in [0.5, 0.6) is 0 Å². The van der Waals surface area contributed by atoms with Crippen LogP contribution in [-0.2, 0) is 33.2 Å². The van der Waals surface area contributed by atoms with E-state index in [1.807, 2.05) is 12.1 Å². The van der Waals surface area contributed by atoms with Crippen LogP contribution in [0.4, 0.5) is 11.4 Å². The number of para-hydroxylation sites is 4. The Balaban J connectivity index is 0.000000362. The van der Waals surface area contributed by atoms with E-state index in [4.69, 9.17) is 5.10 Å². The van der Waals surface area contributed by atoms with E-state index in [9.17, 15) is 0 Å². The van der Waals surface area contributed by atoms with Gasteiger partial charge in [-0.25, -0.2) is 0 Å². The van der Waals surface area contributed by atoms with Crippen LogP contribution >= 0.6 is 0 Å². The SMILES string of the molecule is CC(C)(C)c1cc(C2=NN(c3c(-c4ccccc4)cccc3-c3ccccc3)[CH-]N2c2c(-c3ccccc3)cccc2-c2ccccc2)cc(C(C)(C)C)c1.[Au].c1ccc2c(c1)[n-]c1ccccc12. The van der Waals surface area contributed by atoms with Crippen molar-refractivity contribution >= 4 is 39.0 Å². The molecule has 0 saturated carbocycles. The van der Waals surface area contributed by atoms with Crippen LogP contribution in [0.1, 0.15) is 58.2 Å². The van der Waals surface area contributed by atoms with Gasteiger partial charge in [-0.15, -0.1) is 17.7 Å². The summed E-state index contributed by atoms with van der Waals surface area (Å²) < 4.78 is 0. The molecule has 9 aromatic carbocycles. The molecular weight excluding hydrogens is 1020 g/mol. The number of anilines is 2. The predicted molar refractivity (Wildman–Crippen MR) is 289 cm³/mol. The van der Waals surface area contributed by atoms with Gasteiger partial charge in [0.2, 0.25) is 0 Å². The smallest absolute Gasteiger partial charge is 0.129 e. The maximum atomic E-state index is 5.69. The summed E-state index contributed by atoms with van der Waals surface area (Å²) in [7, 11) is 0. The Morgan fingerprint density at radius 3 is 1.10 bits per heavy atom. The fourth-order valence-electron chi connectivity index (χ4n) is 9.15. The van der Waals surface area contributed by atoms with E-state index in [2.05, 4.69) is 275 Å². The molecule has 0 N–H and O–H groups in total. The van der Waals surface area contributed by atoms with Crippen molar-refractivity contribution < 1.29 is 22.4 Å². The third kappa shape index (κ3) is 9.75. The van der Waals surface area contributed by atoms with E-state index >= 15 is 0 Å². The molecule has 1 radical (unpaired) electrons. The second-order valence-electron chi connectivity index (χ2n) is 19.6. The molecule has 0 atom stereocenters. The van der Waals surface area contributed by atoms with Gasteiger partial charge >= 0.3 is 0 Å². The fourth-order valence-corrected chi connectivity index (χ4v) is 9.15. The van der Waals surface area contributed by atoms with Crippen LogP contribution < -0.4 is 14.9 Å². The van der Waals surface area contributed by atoms with Crippen molar-refractivity contribution in [2.45, 2.75) is 52.4 Å². The monoisotopic (exact) mass is 1080 g/mol. The van der Waals surface area contributed by atoms with E-state index < -0.39 is 0 Å². The minimum atomic E-state index is -0.0685. The molecular formula is C64H56AuN4-2. The van der Waals surface area contributed by atoms with Crippen molar-refractivity contribution in [2.24, 2.45) is 5.10 Å². The van der Waals surface area contributed by atoms with Crippen LogP contribution in [0.2, 0.25) is 0 Å². The number of aromatic nitrogens is 1. The van der Waals surface area contributed by atoms with Crippen LogP contribution in [0.3, 0.4) is 0 Å². The average Bonchev–Trinajstić information content (AvgIpc) is 3.99. The molecule has 11 rings (SSSR count). The van der Waals surface area contributed by atoms with Gasteiger partial charge in [0, 0.05) is 61.6 Å². The zero-order chi connectivity index (χ0) is 46.8. The molecule has 345 valence electrons. The van der Waals surface area contributed by atoms with Crippen LogP contribution in [-0.4, -0.2) is 5.84 Å². The van der Waals surface area contributed by atoms with E-state index in [-0.39, 0.29) is 33.2 Å². The molecule has 1 aliphatic heterocycles. The number of hydrogen-bond donors (Lipinski definition) is 0. The number of amidine groups is 1. The molecule has 1 aliphatic rings. The molecule has 0 aliphatic carbocycles. The van der Waals surface area contributed by atoms with Crippen LogP contribution in [0.25, 0.3) is 66.3 Å². The van der Waals surface area contributed by atoms with Gasteiger partial charge in [0.15, 0.2) is 0 Å². The van der Waals surface area contributed by atoms with Gasteiger partial charge in [0.05, 0.1) is 0 Å². The van der Waals surface area contributed by atoms with Gasteiger partial charge in [0.25, 0.3) is 0 Å². The van der Waals surface area contributed by atoms with Crippen molar-refractivity contribution in [1.82, 2.24) is 4.98 Å². The second-order valence-corrected chi connectivity index (χ2v) is 19.6. The second kappa shape index (κ2) is 19.8. The summed E-state index contributed by atoms with van der Waals surface area (Å²) in [6.07, 6.45) is 0. The standard InChI is InChI=1S/C52H48N3.C12H8N.Au/c1-51(2,3)42-33-41(34-43(35-42)52(4,5)6)50-53-55(49-46(39-25-15-9-16-26-39)31-20-32-47(49)40-27-17-10-18-28-40)36-54(50)48-44(37-21-11-7-12-22-37)29-19-30-45(48)38-23-13-8-14-24-38;1-3-7-11-9(5-1)10-6-2-4-8-12(10)13-11;/h7-36H,1-6H3;1-8H;/q2*-1;. The molecule has 69 heavy (non-hydrogen) atoms. The van der Waals surface area contributed by atoms with Crippen LogP contribution in [0.15, 0.2) is 230 Å². The average molecular weight is 1080 g/mol. The normalized spacial score (nSPS) is 12.6. The minimum absolute atomic E-state index is 0. The summed E-state index contributed by atoms with van der Waals surface area (Å²) >= 11 is 0. The Kier molecular flexibility index (Phi) is 13.4. The zero-order valence-corrected chi connectivity index (χ0v) is 42.2. The van der Waals surface area contributed by atoms with Crippen molar-refractivity contribution in [3.05, 3.63) is 248 Å². The Hall–Kier alpha value is -7.21. The summed E-state index contributed by atoms with van der Waals surface area (Å²) in [4.78, 5) is 6.86. The zero-order valence-electron chi connectivity index (χ0n) is 40.0. The van der Waals surface area contributed by atoms with Crippen molar-refractivity contribution in [2.75, 3.05) is 9.91 Å². The topological polar surface area (TPSA) is 32.9 Å². The first-order valence-corrected chi connectivity index (χ1v) is 23.6. The van der Waals surface area contributed by atoms with Crippen LogP contribution in [0, 0.1) is 6.67 Å². The first-order chi connectivity index (χ1) is 33.0. The number of nitrogens with zero attached hydrogens (tertiary/aromatic N) is 4. The first-order valence-electron chi connectivity index (χ1n) is 23.6. The van der Waals surface area contributed by atoms with Gasteiger partial charge in [0.1, 0.15) is 5.84 Å². The molecule has 0 fully saturated rings. The van der Waals surface area contributed by atoms with E-state index in [0.29, 0.717) is 0 Å². The van der Waals surface area contributed by atoms with E-state index in [0.717, 1.165) is 78.3 Å². The Morgan fingerprint density at radius 2 is 0.725 bits per heavy atom. The molecule has 5 heteroatoms. The third-order valence-corrected chi connectivity index (χ3v) is 12.8. The van der Waals surface area contributed by atoms with Crippen molar-refractivity contribution in [1.29, 1.82) is 0 Å². The summed E-state index contributed by atoms with van der Waals surface area (Å²) in [5.41, 5.74) is 16.9. The summed E-state index contributed by atoms with van der Waals surface area (Å²) in [6.45, 7) is 16.0. The molecule has 0 saturated heterocycles. The first kappa shape index (κ1) is 46.9. The molecule has 4 nitrogen and oxygen atoms in total. The van der Waals surface area contributed by atoms with Gasteiger partial charge < -0.3 is 14.9 Å². The Morgan fingerprint density at radius 1 is 0.377 bits per heavy atom. The van der Waals surface area contributed by atoms with Crippen molar-refractivity contribution in [3.8, 4) is 44.5 Å². The van der Waals surface area contributed by atoms with Gasteiger partial charge in [-0.1, -0.05) is 254 Å². The molecule has 0 bridgehead atoms. The Bertz CT molecular complexity index is 3180. The summed E-state index contributed by atoms with van der Waals surface area (Å²) in [6, 6.07) is 79.6. The molecule has 1 aromatic heterocycles. The predicted octanol–water partition coefficient (Wildman–Crippen LogP) is 16.7. The maximum Gasteiger partial charge on any atom is 0.129 e. The number of benzene rings is 9. The van der Waals surface area contributed by atoms with Gasteiger partial charge in [-0.05, 0) is 67.1 Å². The minimum Gasteiger partial charge on any atom is -0.657 e. The quantitative estimate of drug-likeness (QED) is 0.118. The number of rotatable bonds is 7. The molecule has 0 amide bonds. The molecule has 10 aromatic rings.